The minimum absolute atomic E-state index is 0.391. The predicted molar refractivity (Wildman–Crippen MR) is 67.3 cm³/mol. The van der Waals surface area contributed by atoms with Crippen LogP contribution in [0.5, 0.6) is 0 Å². The summed E-state index contributed by atoms with van der Waals surface area (Å²) in [6.45, 7) is 3.75. The molecule has 3 heteroatoms. The van der Waals surface area contributed by atoms with Gasteiger partial charge in [0, 0.05) is 18.8 Å². The van der Waals surface area contributed by atoms with E-state index in [0.717, 1.165) is 23.6 Å². The van der Waals surface area contributed by atoms with Gasteiger partial charge in [-0.05, 0) is 11.3 Å². The highest BCUT2D eigenvalue weighted by Crippen LogP contribution is 2.10. The van der Waals surface area contributed by atoms with Gasteiger partial charge in [-0.2, -0.15) is 11.8 Å². The van der Waals surface area contributed by atoms with Gasteiger partial charge in [-0.15, -0.1) is 0 Å². The van der Waals surface area contributed by atoms with Gasteiger partial charge in [-0.1, -0.05) is 37.3 Å². The number of nitrogens with one attached hydrogen (secondary N) is 1. The van der Waals surface area contributed by atoms with Crippen molar-refractivity contribution in [2.24, 2.45) is 0 Å². The first kappa shape index (κ1) is 12.6. The van der Waals surface area contributed by atoms with Gasteiger partial charge in [-0.3, -0.25) is 0 Å². The predicted octanol–water partition coefficient (Wildman–Crippen LogP) is 2.06. The summed E-state index contributed by atoms with van der Waals surface area (Å²) in [4.78, 5) is 0. The first-order valence-electron chi connectivity index (χ1n) is 5.36. The van der Waals surface area contributed by atoms with Gasteiger partial charge in [0.25, 0.3) is 0 Å². The first-order chi connectivity index (χ1) is 7.34. The molecule has 0 bridgehead atoms. The molecule has 1 unspecified atom stereocenters. The third-order valence-corrected chi connectivity index (χ3v) is 3.05. The topological polar surface area (TPSA) is 32.3 Å². The number of hydrogen-bond acceptors (Lipinski definition) is 3. The molecule has 0 aliphatic carbocycles. The highest BCUT2D eigenvalue weighted by Gasteiger charge is 2.04. The van der Waals surface area contributed by atoms with Crippen LogP contribution < -0.4 is 5.32 Å². The molecule has 0 saturated heterocycles. The van der Waals surface area contributed by atoms with Gasteiger partial charge in [0.2, 0.25) is 0 Å². The minimum atomic E-state index is -0.391. The van der Waals surface area contributed by atoms with Gasteiger partial charge in [0.15, 0.2) is 0 Å². The zero-order valence-electron chi connectivity index (χ0n) is 9.15. The molecule has 0 aliphatic heterocycles. The number of hydrogen-bond donors (Lipinski definition) is 2. The van der Waals surface area contributed by atoms with E-state index in [-0.39, 0.29) is 0 Å². The highest BCUT2D eigenvalue weighted by atomic mass is 32.2. The van der Waals surface area contributed by atoms with Gasteiger partial charge >= 0.3 is 0 Å². The molecule has 1 rings (SSSR count). The Labute approximate surface area is 96.1 Å². The molecule has 15 heavy (non-hydrogen) atoms. The van der Waals surface area contributed by atoms with Crippen molar-refractivity contribution in [2.75, 3.05) is 24.6 Å². The van der Waals surface area contributed by atoms with E-state index in [4.69, 9.17) is 0 Å². The Hall–Kier alpha value is -0.510. The van der Waals surface area contributed by atoms with Gasteiger partial charge in [-0.25, -0.2) is 0 Å². The Morgan fingerprint density at radius 2 is 2.07 bits per heavy atom. The van der Waals surface area contributed by atoms with Gasteiger partial charge in [0.1, 0.15) is 0 Å². The van der Waals surface area contributed by atoms with E-state index in [9.17, 15) is 5.11 Å². The fraction of sp³-hybridized carbons (Fsp3) is 0.500. The van der Waals surface area contributed by atoms with Crippen molar-refractivity contribution in [2.45, 2.75) is 13.0 Å². The molecular formula is C12H19NOS. The molecule has 0 saturated carbocycles. The number of aliphatic hydroxyl groups excluding tert-OH is 1. The molecule has 1 aromatic carbocycles. The SMILES string of the molecule is CCSCCNCC(O)c1ccccc1. The number of rotatable bonds is 7. The Morgan fingerprint density at radius 1 is 1.33 bits per heavy atom. The summed E-state index contributed by atoms with van der Waals surface area (Å²) in [5, 5.41) is 13.1. The van der Waals surface area contributed by atoms with Crippen molar-refractivity contribution in [1.29, 1.82) is 0 Å². The molecule has 0 heterocycles. The summed E-state index contributed by atoms with van der Waals surface area (Å²) in [5.41, 5.74) is 0.980. The van der Waals surface area contributed by atoms with E-state index >= 15 is 0 Å². The van der Waals surface area contributed by atoms with Crippen molar-refractivity contribution >= 4 is 11.8 Å². The lowest BCUT2D eigenvalue weighted by molar-refractivity contribution is 0.176. The maximum atomic E-state index is 9.81. The zero-order valence-corrected chi connectivity index (χ0v) is 9.96. The van der Waals surface area contributed by atoms with Crippen LogP contribution in [0, 0.1) is 0 Å². The zero-order chi connectivity index (χ0) is 10.9. The highest BCUT2D eigenvalue weighted by molar-refractivity contribution is 7.99. The van der Waals surface area contributed by atoms with Crippen LogP contribution in [0.4, 0.5) is 0 Å². The third-order valence-electron chi connectivity index (χ3n) is 2.15. The van der Waals surface area contributed by atoms with Gasteiger partial charge < -0.3 is 10.4 Å². The number of benzene rings is 1. The summed E-state index contributed by atoms with van der Waals surface area (Å²) < 4.78 is 0. The first-order valence-corrected chi connectivity index (χ1v) is 6.51. The molecule has 0 amide bonds. The van der Waals surface area contributed by atoms with E-state index in [0.29, 0.717) is 6.54 Å². The Morgan fingerprint density at radius 3 is 2.73 bits per heavy atom. The summed E-state index contributed by atoms with van der Waals surface area (Å²) in [6.07, 6.45) is -0.391. The molecule has 0 aromatic heterocycles. The quantitative estimate of drug-likeness (QED) is 0.697. The average molecular weight is 225 g/mol. The van der Waals surface area contributed by atoms with Crippen molar-refractivity contribution in [3.63, 3.8) is 0 Å². The molecule has 1 aromatic rings. The summed E-state index contributed by atoms with van der Waals surface area (Å²) in [6, 6.07) is 9.76. The third kappa shape index (κ3) is 5.21. The molecule has 1 atom stereocenters. The van der Waals surface area contributed by atoms with Crippen LogP contribution in [0.1, 0.15) is 18.6 Å². The second kappa shape index (κ2) is 7.74. The van der Waals surface area contributed by atoms with E-state index < -0.39 is 6.10 Å². The molecule has 0 spiro atoms. The average Bonchev–Trinajstić information content (AvgIpc) is 2.30. The lowest BCUT2D eigenvalue weighted by Crippen LogP contribution is -2.23. The molecule has 0 aliphatic rings. The van der Waals surface area contributed by atoms with Crippen LogP contribution in [-0.4, -0.2) is 29.7 Å². The van der Waals surface area contributed by atoms with E-state index in [2.05, 4.69) is 12.2 Å². The number of thioether (sulfide) groups is 1. The van der Waals surface area contributed by atoms with Crippen molar-refractivity contribution in [3.8, 4) is 0 Å². The van der Waals surface area contributed by atoms with Crippen LogP contribution in [0.3, 0.4) is 0 Å². The van der Waals surface area contributed by atoms with Crippen molar-refractivity contribution in [1.82, 2.24) is 5.32 Å². The second-order valence-electron chi connectivity index (χ2n) is 3.33. The standard InChI is InChI=1S/C12H19NOS/c1-2-15-9-8-13-10-12(14)11-6-4-3-5-7-11/h3-7,12-14H,2,8-10H2,1H3. The largest absolute Gasteiger partial charge is 0.387 e. The lowest BCUT2D eigenvalue weighted by Gasteiger charge is -2.11. The monoisotopic (exact) mass is 225 g/mol. The van der Waals surface area contributed by atoms with Crippen LogP contribution in [0.25, 0.3) is 0 Å². The smallest absolute Gasteiger partial charge is 0.0914 e. The molecule has 2 N–H and O–H groups in total. The second-order valence-corrected chi connectivity index (χ2v) is 4.72. The van der Waals surface area contributed by atoms with Crippen LogP contribution in [-0.2, 0) is 0 Å². The number of aliphatic hydroxyl groups is 1. The van der Waals surface area contributed by atoms with Crippen LogP contribution in [0.2, 0.25) is 0 Å². The Bertz CT molecular complexity index is 253. The fourth-order valence-electron chi connectivity index (χ4n) is 1.32. The van der Waals surface area contributed by atoms with E-state index in [1.165, 1.54) is 0 Å². The lowest BCUT2D eigenvalue weighted by atomic mass is 10.1. The van der Waals surface area contributed by atoms with Crippen molar-refractivity contribution in [3.05, 3.63) is 35.9 Å². The normalized spacial score (nSPS) is 12.7. The molecule has 2 nitrogen and oxygen atoms in total. The van der Waals surface area contributed by atoms with E-state index in [1.54, 1.807) is 0 Å². The molecule has 0 fully saturated rings. The maximum absolute atomic E-state index is 9.81. The minimum Gasteiger partial charge on any atom is -0.387 e. The molecular weight excluding hydrogens is 206 g/mol. The molecule has 84 valence electrons. The maximum Gasteiger partial charge on any atom is 0.0914 e. The fourth-order valence-corrected chi connectivity index (χ4v) is 1.90. The summed E-state index contributed by atoms with van der Waals surface area (Å²) in [5.74, 6) is 2.26. The summed E-state index contributed by atoms with van der Waals surface area (Å²) in [7, 11) is 0. The Balaban J connectivity index is 2.16. The van der Waals surface area contributed by atoms with Crippen LogP contribution >= 0.6 is 11.8 Å². The molecule has 0 radical (unpaired) electrons. The summed E-state index contributed by atoms with van der Waals surface area (Å²) >= 11 is 1.91. The van der Waals surface area contributed by atoms with Gasteiger partial charge in [0.05, 0.1) is 6.10 Å². The van der Waals surface area contributed by atoms with Crippen LogP contribution in [0.15, 0.2) is 30.3 Å². The van der Waals surface area contributed by atoms with Crippen molar-refractivity contribution < 1.29 is 5.11 Å². The van der Waals surface area contributed by atoms with E-state index in [1.807, 2.05) is 42.1 Å². The Kier molecular flexibility index (Phi) is 6.48.